The second-order valence-electron chi connectivity index (χ2n) is 5.64. The van der Waals surface area contributed by atoms with Crippen LogP contribution in [0.5, 0.6) is 5.75 Å². The molecule has 2 aromatic rings. The van der Waals surface area contributed by atoms with Crippen LogP contribution in [0.15, 0.2) is 48.5 Å². The van der Waals surface area contributed by atoms with Crippen molar-refractivity contribution in [3.63, 3.8) is 0 Å². The van der Waals surface area contributed by atoms with E-state index in [4.69, 9.17) is 10.00 Å². The average Bonchev–Trinajstić information content (AvgIpc) is 2.61. The van der Waals surface area contributed by atoms with Crippen molar-refractivity contribution in [3.8, 4) is 11.8 Å². The summed E-state index contributed by atoms with van der Waals surface area (Å²) in [6.45, 7) is -0.0232. The van der Waals surface area contributed by atoms with Crippen LogP contribution in [0.1, 0.15) is 35.6 Å². The van der Waals surface area contributed by atoms with E-state index in [0.29, 0.717) is 11.3 Å². The van der Waals surface area contributed by atoms with Crippen LogP contribution in [0.3, 0.4) is 0 Å². The van der Waals surface area contributed by atoms with Crippen molar-refractivity contribution in [2.45, 2.75) is 25.3 Å². The van der Waals surface area contributed by atoms with Crippen molar-refractivity contribution < 1.29 is 9.53 Å². The summed E-state index contributed by atoms with van der Waals surface area (Å²) in [4.78, 5) is 12.1. The molecule has 0 aromatic heterocycles. The van der Waals surface area contributed by atoms with Gasteiger partial charge in [-0.2, -0.15) is 5.26 Å². The maximum Gasteiger partial charge on any atom is 0.258 e. The lowest BCUT2D eigenvalue weighted by molar-refractivity contribution is -0.123. The molecule has 0 saturated carbocycles. The Kier molecular flexibility index (Phi) is 4.58. The molecule has 1 aliphatic carbocycles. The number of ether oxygens (including phenoxy) is 1. The number of amides is 1. The van der Waals surface area contributed by atoms with Gasteiger partial charge in [-0.3, -0.25) is 4.79 Å². The van der Waals surface area contributed by atoms with Gasteiger partial charge < -0.3 is 10.1 Å². The van der Waals surface area contributed by atoms with Gasteiger partial charge in [-0.25, -0.2) is 0 Å². The van der Waals surface area contributed by atoms with Crippen molar-refractivity contribution in [3.05, 3.63) is 65.2 Å². The zero-order chi connectivity index (χ0) is 16.1. The van der Waals surface area contributed by atoms with E-state index in [1.807, 2.05) is 18.2 Å². The number of aryl methyl sites for hydroxylation is 1. The van der Waals surface area contributed by atoms with Crippen LogP contribution in [-0.4, -0.2) is 12.5 Å². The van der Waals surface area contributed by atoms with Gasteiger partial charge in [0.1, 0.15) is 5.75 Å². The quantitative estimate of drug-likeness (QED) is 0.944. The molecule has 116 valence electrons. The first-order valence-electron chi connectivity index (χ1n) is 7.76. The number of nitriles is 1. The second kappa shape index (κ2) is 6.97. The van der Waals surface area contributed by atoms with Gasteiger partial charge in [0.2, 0.25) is 0 Å². The van der Waals surface area contributed by atoms with Gasteiger partial charge in [0.15, 0.2) is 6.61 Å². The van der Waals surface area contributed by atoms with Crippen LogP contribution in [0.2, 0.25) is 0 Å². The number of nitrogens with zero attached hydrogens (tertiary/aromatic N) is 1. The Balaban J connectivity index is 1.57. The first kappa shape index (κ1) is 15.1. The summed E-state index contributed by atoms with van der Waals surface area (Å²) in [7, 11) is 0. The van der Waals surface area contributed by atoms with Gasteiger partial charge in [-0.15, -0.1) is 0 Å². The third kappa shape index (κ3) is 3.70. The van der Waals surface area contributed by atoms with E-state index in [9.17, 15) is 4.79 Å². The summed E-state index contributed by atoms with van der Waals surface area (Å²) in [5.74, 6) is 0.458. The van der Waals surface area contributed by atoms with Crippen molar-refractivity contribution in [1.82, 2.24) is 5.32 Å². The molecule has 0 fully saturated rings. The Morgan fingerprint density at radius 2 is 2.00 bits per heavy atom. The third-order valence-corrected chi connectivity index (χ3v) is 4.06. The van der Waals surface area contributed by atoms with Gasteiger partial charge in [0.25, 0.3) is 5.91 Å². The van der Waals surface area contributed by atoms with Crippen LogP contribution in [0, 0.1) is 11.3 Å². The number of rotatable bonds is 4. The molecule has 0 heterocycles. The van der Waals surface area contributed by atoms with Crippen LogP contribution >= 0.6 is 0 Å². The fourth-order valence-corrected chi connectivity index (χ4v) is 2.91. The first-order valence-corrected chi connectivity index (χ1v) is 7.76. The van der Waals surface area contributed by atoms with Crippen LogP contribution in [0.4, 0.5) is 0 Å². The molecule has 2 aromatic carbocycles. The van der Waals surface area contributed by atoms with Crippen molar-refractivity contribution >= 4 is 5.91 Å². The Morgan fingerprint density at radius 3 is 2.78 bits per heavy atom. The van der Waals surface area contributed by atoms with E-state index in [0.717, 1.165) is 19.3 Å². The molecule has 1 N–H and O–H groups in total. The van der Waals surface area contributed by atoms with E-state index in [1.54, 1.807) is 24.3 Å². The molecule has 23 heavy (non-hydrogen) atoms. The lowest BCUT2D eigenvalue weighted by Gasteiger charge is -2.26. The lowest BCUT2D eigenvalue weighted by atomic mass is 9.88. The molecule has 4 nitrogen and oxygen atoms in total. The third-order valence-electron chi connectivity index (χ3n) is 4.06. The number of benzene rings is 2. The Morgan fingerprint density at radius 1 is 1.22 bits per heavy atom. The fourth-order valence-electron chi connectivity index (χ4n) is 2.91. The van der Waals surface area contributed by atoms with Crippen molar-refractivity contribution in [2.75, 3.05) is 6.61 Å². The minimum Gasteiger partial charge on any atom is -0.484 e. The summed E-state index contributed by atoms with van der Waals surface area (Å²) < 4.78 is 5.48. The maximum atomic E-state index is 12.1. The number of hydrogen-bond acceptors (Lipinski definition) is 3. The maximum absolute atomic E-state index is 12.1. The van der Waals surface area contributed by atoms with Gasteiger partial charge in [-0.05, 0) is 54.7 Å². The number of fused-ring (bicyclic) bond motifs is 1. The Hall–Kier alpha value is -2.80. The zero-order valence-electron chi connectivity index (χ0n) is 12.8. The topological polar surface area (TPSA) is 62.1 Å². The van der Waals surface area contributed by atoms with E-state index in [-0.39, 0.29) is 18.6 Å². The van der Waals surface area contributed by atoms with Crippen LogP contribution in [-0.2, 0) is 11.2 Å². The summed E-state index contributed by atoms with van der Waals surface area (Å²) in [6.07, 6.45) is 3.11. The molecule has 0 radical (unpaired) electrons. The minimum atomic E-state index is -0.129. The highest BCUT2D eigenvalue weighted by atomic mass is 16.5. The molecular formula is C19H18N2O2. The highest BCUT2D eigenvalue weighted by molar-refractivity contribution is 5.78. The SMILES string of the molecule is N#Cc1ccc(OCC(=O)N[C@H]2CCCc3ccccc32)cc1. The number of carbonyl (C=O) groups is 1. The smallest absolute Gasteiger partial charge is 0.258 e. The predicted octanol–water partition coefficient (Wildman–Crippen LogP) is 3.13. The molecule has 0 bridgehead atoms. The summed E-state index contributed by atoms with van der Waals surface area (Å²) >= 11 is 0. The minimum absolute atomic E-state index is 0.0232. The molecule has 1 aliphatic rings. The molecule has 3 rings (SSSR count). The predicted molar refractivity (Wildman–Crippen MR) is 86.9 cm³/mol. The van der Waals surface area contributed by atoms with Gasteiger partial charge in [0.05, 0.1) is 17.7 Å². The summed E-state index contributed by atoms with van der Waals surface area (Å²) in [5.41, 5.74) is 3.10. The summed E-state index contributed by atoms with van der Waals surface area (Å²) in [6, 6.07) is 17.1. The monoisotopic (exact) mass is 306 g/mol. The van der Waals surface area contributed by atoms with Crippen molar-refractivity contribution in [1.29, 1.82) is 5.26 Å². The highest BCUT2D eigenvalue weighted by Crippen LogP contribution is 2.29. The first-order chi connectivity index (χ1) is 11.3. The van der Waals surface area contributed by atoms with E-state index in [2.05, 4.69) is 17.4 Å². The highest BCUT2D eigenvalue weighted by Gasteiger charge is 2.21. The van der Waals surface area contributed by atoms with Crippen LogP contribution < -0.4 is 10.1 Å². The molecule has 0 spiro atoms. The molecule has 0 unspecified atom stereocenters. The number of carbonyl (C=O) groups excluding carboxylic acids is 1. The van der Waals surface area contributed by atoms with E-state index >= 15 is 0 Å². The molecule has 0 aliphatic heterocycles. The Labute approximate surface area is 135 Å². The van der Waals surface area contributed by atoms with Crippen LogP contribution in [0.25, 0.3) is 0 Å². The Bertz CT molecular complexity index is 732. The second-order valence-corrected chi connectivity index (χ2v) is 5.64. The number of nitrogens with one attached hydrogen (secondary N) is 1. The lowest BCUT2D eigenvalue weighted by Crippen LogP contribution is -2.34. The van der Waals surface area contributed by atoms with E-state index < -0.39 is 0 Å². The van der Waals surface area contributed by atoms with Gasteiger partial charge >= 0.3 is 0 Å². The molecule has 1 atom stereocenters. The van der Waals surface area contributed by atoms with Gasteiger partial charge in [0, 0.05) is 0 Å². The normalized spacial score (nSPS) is 16.0. The standard InChI is InChI=1S/C19H18N2O2/c20-12-14-8-10-16(11-9-14)23-13-19(22)21-18-7-3-5-15-4-1-2-6-17(15)18/h1-2,4,6,8-11,18H,3,5,7,13H2,(H,21,22)/t18-/m0/s1. The zero-order valence-corrected chi connectivity index (χ0v) is 12.8. The van der Waals surface area contributed by atoms with Gasteiger partial charge in [-0.1, -0.05) is 24.3 Å². The van der Waals surface area contributed by atoms with Crippen molar-refractivity contribution in [2.24, 2.45) is 0 Å². The van der Waals surface area contributed by atoms with E-state index in [1.165, 1.54) is 11.1 Å². The average molecular weight is 306 g/mol. The molecule has 1 amide bonds. The largest absolute Gasteiger partial charge is 0.484 e. The molecule has 0 saturated heterocycles. The number of hydrogen-bond donors (Lipinski definition) is 1. The summed E-state index contributed by atoms with van der Waals surface area (Å²) in [5, 5.41) is 11.8. The molecule has 4 heteroatoms. The molecular weight excluding hydrogens is 288 g/mol. The fraction of sp³-hybridized carbons (Fsp3) is 0.263.